The summed E-state index contributed by atoms with van der Waals surface area (Å²) in [6.07, 6.45) is 0. The molecule has 21 heavy (non-hydrogen) atoms. The van der Waals surface area contributed by atoms with Gasteiger partial charge in [-0.3, -0.25) is 9.89 Å². The van der Waals surface area contributed by atoms with E-state index in [-0.39, 0.29) is 16.3 Å². The molecule has 0 aliphatic rings. The lowest BCUT2D eigenvalue weighted by molar-refractivity contribution is 0.400. The molecule has 3 aromatic rings. The van der Waals surface area contributed by atoms with Crippen LogP contribution in [0.1, 0.15) is 4.88 Å². The van der Waals surface area contributed by atoms with Gasteiger partial charge in [-0.2, -0.15) is 0 Å². The summed E-state index contributed by atoms with van der Waals surface area (Å²) >= 11 is 8.80. The highest BCUT2D eigenvalue weighted by Gasteiger charge is 2.16. The maximum absolute atomic E-state index is 12.0. The average molecular weight is 339 g/mol. The zero-order chi connectivity index (χ0) is 14.8. The van der Waals surface area contributed by atoms with Gasteiger partial charge in [0, 0.05) is 9.77 Å². The molecule has 0 saturated heterocycles. The van der Waals surface area contributed by atoms with Crippen molar-refractivity contribution >= 4 is 34.7 Å². The minimum atomic E-state index is -0.325. The van der Waals surface area contributed by atoms with Crippen LogP contribution >= 0.6 is 34.7 Å². The number of nitrogens with zero attached hydrogens (tertiary/aromatic N) is 1. The standard InChI is InChI=1S/C14H11ClN2O2S2/c15-10-5-1-2-6-11(10)21-12-13(18)16-17(14(12)19)8-9-4-3-7-20-9/h1-7,19H,8H2,(H,16,18). The van der Waals surface area contributed by atoms with Crippen molar-refractivity contribution in [1.82, 2.24) is 9.78 Å². The molecule has 0 amide bonds. The van der Waals surface area contributed by atoms with E-state index in [1.54, 1.807) is 17.4 Å². The molecular weight excluding hydrogens is 328 g/mol. The van der Waals surface area contributed by atoms with E-state index in [0.717, 1.165) is 21.5 Å². The fourth-order valence-corrected chi connectivity index (χ4v) is 3.67. The number of rotatable bonds is 4. The van der Waals surface area contributed by atoms with Crippen molar-refractivity contribution in [1.29, 1.82) is 0 Å². The summed E-state index contributed by atoms with van der Waals surface area (Å²) < 4.78 is 1.44. The van der Waals surface area contributed by atoms with E-state index < -0.39 is 0 Å². The molecule has 0 aliphatic heterocycles. The van der Waals surface area contributed by atoms with E-state index in [1.807, 2.05) is 35.7 Å². The van der Waals surface area contributed by atoms with Crippen molar-refractivity contribution in [3.63, 3.8) is 0 Å². The lowest BCUT2D eigenvalue weighted by Crippen LogP contribution is -2.06. The van der Waals surface area contributed by atoms with Crippen molar-refractivity contribution in [3.8, 4) is 5.88 Å². The van der Waals surface area contributed by atoms with Crippen LogP contribution in [-0.2, 0) is 6.54 Å². The molecule has 0 bridgehead atoms. The molecule has 2 N–H and O–H groups in total. The summed E-state index contributed by atoms with van der Waals surface area (Å²) in [5, 5.41) is 15.4. The first-order chi connectivity index (χ1) is 10.1. The van der Waals surface area contributed by atoms with Crippen molar-refractivity contribution in [3.05, 3.63) is 62.0 Å². The SMILES string of the molecule is O=c1[nH]n(Cc2cccs2)c(O)c1Sc1ccccc1Cl. The van der Waals surface area contributed by atoms with Crippen LogP contribution in [0.15, 0.2) is 56.4 Å². The van der Waals surface area contributed by atoms with Gasteiger partial charge in [0.2, 0.25) is 5.88 Å². The minimum Gasteiger partial charge on any atom is -0.493 e. The quantitative estimate of drug-likeness (QED) is 0.760. The molecule has 0 unspecified atom stereocenters. The number of hydrogen-bond donors (Lipinski definition) is 2. The summed E-state index contributed by atoms with van der Waals surface area (Å²) in [4.78, 5) is 14.0. The summed E-state index contributed by atoms with van der Waals surface area (Å²) in [6.45, 7) is 0.432. The van der Waals surface area contributed by atoms with Gasteiger partial charge < -0.3 is 5.11 Å². The third-order valence-corrected chi connectivity index (χ3v) is 5.30. The number of aromatic hydroxyl groups is 1. The summed E-state index contributed by atoms with van der Waals surface area (Å²) in [6, 6.07) is 11.1. The first kappa shape index (κ1) is 14.3. The average Bonchev–Trinajstić information content (AvgIpc) is 3.05. The molecular formula is C14H11ClN2O2S2. The normalized spacial score (nSPS) is 10.9. The highest BCUT2D eigenvalue weighted by atomic mass is 35.5. The number of H-pyrrole nitrogens is 1. The van der Waals surface area contributed by atoms with Gasteiger partial charge in [-0.1, -0.05) is 41.6 Å². The Kier molecular flexibility index (Phi) is 4.10. The zero-order valence-corrected chi connectivity index (χ0v) is 13.1. The summed E-state index contributed by atoms with van der Waals surface area (Å²) in [5.74, 6) is -0.0710. The van der Waals surface area contributed by atoms with Crippen molar-refractivity contribution < 1.29 is 5.11 Å². The van der Waals surface area contributed by atoms with Gasteiger partial charge in [0.25, 0.3) is 5.56 Å². The van der Waals surface area contributed by atoms with Gasteiger partial charge in [0.1, 0.15) is 4.90 Å². The number of aromatic nitrogens is 2. The lowest BCUT2D eigenvalue weighted by Gasteiger charge is -2.04. The van der Waals surface area contributed by atoms with Crippen LogP contribution in [0.2, 0.25) is 5.02 Å². The Hall–Kier alpha value is -1.63. The van der Waals surface area contributed by atoms with E-state index in [0.29, 0.717) is 11.6 Å². The van der Waals surface area contributed by atoms with Gasteiger partial charge in [0.15, 0.2) is 0 Å². The molecule has 108 valence electrons. The monoisotopic (exact) mass is 338 g/mol. The molecule has 4 nitrogen and oxygen atoms in total. The third kappa shape index (κ3) is 3.02. The van der Waals surface area contributed by atoms with E-state index >= 15 is 0 Å². The number of thiophene rings is 1. The summed E-state index contributed by atoms with van der Waals surface area (Å²) in [7, 11) is 0. The maximum atomic E-state index is 12.0. The number of halogens is 1. The van der Waals surface area contributed by atoms with E-state index in [2.05, 4.69) is 5.10 Å². The van der Waals surface area contributed by atoms with Crippen LogP contribution < -0.4 is 5.56 Å². The number of aromatic amines is 1. The van der Waals surface area contributed by atoms with Crippen LogP contribution in [-0.4, -0.2) is 14.9 Å². The van der Waals surface area contributed by atoms with Crippen molar-refractivity contribution in [2.75, 3.05) is 0 Å². The molecule has 1 aromatic carbocycles. The Morgan fingerprint density at radius 2 is 2.10 bits per heavy atom. The first-order valence-corrected chi connectivity index (χ1v) is 8.19. The Morgan fingerprint density at radius 1 is 1.29 bits per heavy atom. The smallest absolute Gasteiger partial charge is 0.282 e. The second-order valence-corrected chi connectivity index (χ2v) is 6.78. The van der Waals surface area contributed by atoms with Crippen LogP contribution in [0.3, 0.4) is 0 Å². The third-order valence-electron chi connectivity index (χ3n) is 2.84. The van der Waals surface area contributed by atoms with Crippen molar-refractivity contribution in [2.24, 2.45) is 0 Å². The van der Waals surface area contributed by atoms with Crippen LogP contribution in [0.25, 0.3) is 0 Å². The van der Waals surface area contributed by atoms with Gasteiger partial charge in [-0.15, -0.1) is 11.3 Å². The number of hydrogen-bond acceptors (Lipinski definition) is 4. The Morgan fingerprint density at radius 3 is 2.81 bits per heavy atom. The molecule has 7 heteroatoms. The second-order valence-electron chi connectivity index (χ2n) is 4.29. The van der Waals surface area contributed by atoms with E-state index in [9.17, 15) is 9.90 Å². The highest BCUT2D eigenvalue weighted by molar-refractivity contribution is 7.99. The predicted molar refractivity (Wildman–Crippen MR) is 85.7 cm³/mol. The molecule has 2 aromatic heterocycles. The number of benzene rings is 1. The van der Waals surface area contributed by atoms with Gasteiger partial charge >= 0.3 is 0 Å². The molecule has 0 spiro atoms. The predicted octanol–water partition coefficient (Wildman–Crippen LogP) is 3.80. The minimum absolute atomic E-state index is 0.0710. The second kappa shape index (κ2) is 6.01. The first-order valence-electron chi connectivity index (χ1n) is 6.11. The lowest BCUT2D eigenvalue weighted by atomic mass is 10.4. The highest BCUT2D eigenvalue weighted by Crippen LogP contribution is 2.35. The van der Waals surface area contributed by atoms with E-state index in [1.165, 1.54) is 4.68 Å². The Bertz CT molecular complexity index is 809. The molecule has 0 atom stereocenters. The Balaban J connectivity index is 1.91. The molecule has 0 fully saturated rings. The molecule has 0 radical (unpaired) electrons. The molecule has 0 aliphatic carbocycles. The zero-order valence-electron chi connectivity index (χ0n) is 10.7. The van der Waals surface area contributed by atoms with Gasteiger partial charge in [0.05, 0.1) is 11.6 Å². The topological polar surface area (TPSA) is 58.0 Å². The van der Waals surface area contributed by atoms with Crippen molar-refractivity contribution in [2.45, 2.75) is 16.3 Å². The van der Waals surface area contributed by atoms with E-state index in [4.69, 9.17) is 11.6 Å². The maximum Gasteiger partial charge on any atom is 0.282 e. The fraction of sp³-hybridized carbons (Fsp3) is 0.0714. The summed E-state index contributed by atoms with van der Waals surface area (Å²) in [5.41, 5.74) is -0.325. The van der Waals surface area contributed by atoms with Crippen LogP contribution in [0.4, 0.5) is 0 Å². The molecule has 2 heterocycles. The van der Waals surface area contributed by atoms with Crippen LogP contribution in [0, 0.1) is 0 Å². The fourth-order valence-electron chi connectivity index (χ4n) is 1.85. The molecule has 3 rings (SSSR count). The van der Waals surface area contributed by atoms with Crippen LogP contribution in [0.5, 0.6) is 5.88 Å². The van der Waals surface area contributed by atoms with Gasteiger partial charge in [-0.25, -0.2) is 4.68 Å². The largest absolute Gasteiger partial charge is 0.493 e. The molecule has 0 saturated carbocycles. The number of nitrogens with one attached hydrogen (secondary N) is 1. The van der Waals surface area contributed by atoms with Gasteiger partial charge in [-0.05, 0) is 23.6 Å². The Labute approximate surface area is 134 Å².